The summed E-state index contributed by atoms with van der Waals surface area (Å²) in [5.74, 6) is 0. The average Bonchev–Trinajstić information content (AvgIpc) is 1.72. The van der Waals surface area contributed by atoms with Gasteiger partial charge in [-0.3, -0.25) is 0 Å². The van der Waals surface area contributed by atoms with E-state index in [-0.39, 0.29) is 17.1 Å². The number of hydrogen-bond donors (Lipinski definition) is 0. The maximum atomic E-state index is 1.50. The third-order valence-electron chi connectivity index (χ3n) is 1.50. The van der Waals surface area contributed by atoms with Crippen LogP contribution in [-0.4, -0.2) is 17.1 Å². The molecule has 0 aromatic rings. The standard InChI is InChI=1S/C6H12.Se/c1-2-4-6-5-3-1;/h1-6H2;. The van der Waals surface area contributed by atoms with Crippen molar-refractivity contribution in [3.63, 3.8) is 0 Å². The Morgan fingerprint density at radius 2 is 0.571 bits per heavy atom. The predicted molar refractivity (Wildman–Crippen MR) is 33.5 cm³/mol. The van der Waals surface area contributed by atoms with Crippen molar-refractivity contribution in [3.05, 3.63) is 0 Å². The molecule has 0 N–H and O–H groups in total. The van der Waals surface area contributed by atoms with E-state index in [1.165, 1.54) is 38.5 Å². The average molecular weight is 163 g/mol. The zero-order valence-electron chi connectivity index (χ0n) is 4.65. The largest absolute Gasteiger partial charge is 0.0533 e. The van der Waals surface area contributed by atoms with Gasteiger partial charge in [-0.2, -0.15) is 0 Å². The Kier molecular flexibility index (Phi) is 5.02. The Bertz CT molecular complexity index is 19.7. The fraction of sp³-hybridized carbons (Fsp3) is 1.00. The van der Waals surface area contributed by atoms with E-state index in [9.17, 15) is 0 Å². The summed E-state index contributed by atoms with van der Waals surface area (Å²) in [5.41, 5.74) is 0. The molecule has 0 aromatic heterocycles. The molecule has 0 amide bonds. The molecular weight excluding hydrogens is 151 g/mol. The fourth-order valence-corrected chi connectivity index (χ4v) is 1.06. The van der Waals surface area contributed by atoms with E-state index in [1.807, 2.05) is 0 Å². The van der Waals surface area contributed by atoms with E-state index < -0.39 is 0 Å². The van der Waals surface area contributed by atoms with Gasteiger partial charge in [0.1, 0.15) is 0 Å². The number of rotatable bonds is 0. The molecule has 1 rings (SSSR count). The van der Waals surface area contributed by atoms with Crippen molar-refractivity contribution in [1.29, 1.82) is 0 Å². The molecule has 7 heavy (non-hydrogen) atoms. The zero-order valence-corrected chi connectivity index (χ0v) is 6.36. The van der Waals surface area contributed by atoms with Crippen molar-refractivity contribution < 1.29 is 0 Å². The topological polar surface area (TPSA) is 0 Å². The van der Waals surface area contributed by atoms with Crippen LogP contribution in [0.15, 0.2) is 0 Å². The molecule has 0 atom stereocenters. The molecule has 1 saturated carbocycles. The van der Waals surface area contributed by atoms with Crippen LogP contribution < -0.4 is 0 Å². The molecule has 0 spiro atoms. The van der Waals surface area contributed by atoms with Crippen LogP contribution in [0, 0.1) is 0 Å². The smallest absolute Gasteiger partial charge is 0 e. The second-order valence-electron chi connectivity index (χ2n) is 2.12. The Morgan fingerprint density at radius 3 is 0.714 bits per heavy atom. The van der Waals surface area contributed by atoms with Crippen molar-refractivity contribution >= 4 is 17.1 Å². The van der Waals surface area contributed by atoms with Crippen LogP contribution in [0.5, 0.6) is 0 Å². The van der Waals surface area contributed by atoms with Crippen LogP contribution in [-0.2, 0) is 0 Å². The molecule has 0 nitrogen and oxygen atoms in total. The Morgan fingerprint density at radius 1 is 0.429 bits per heavy atom. The minimum atomic E-state index is 0. The molecule has 0 aromatic carbocycles. The third-order valence-corrected chi connectivity index (χ3v) is 1.50. The van der Waals surface area contributed by atoms with Crippen LogP contribution in [0.1, 0.15) is 38.5 Å². The van der Waals surface area contributed by atoms with Gasteiger partial charge in [0.05, 0.1) is 0 Å². The molecule has 1 aliphatic rings. The summed E-state index contributed by atoms with van der Waals surface area (Å²) in [5, 5.41) is 0. The first kappa shape index (κ1) is 7.52. The third kappa shape index (κ3) is 3.13. The summed E-state index contributed by atoms with van der Waals surface area (Å²) in [6.07, 6.45) is 9.00. The van der Waals surface area contributed by atoms with Crippen LogP contribution >= 0.6 is 0 Å². The SMILES string of the molecule is C1CCCCC1.[Se]. The molecule has 0 bridgehead atoms. The maximum Gasteiger partial charge on any atom is 0 e. The summed E-state index contributed by atoms with van der Waals surface area (Å²) in [6, 6.07) is 0. The van der Waals surface area contributed by atoms with Crippen molar-refractivity contribution in [2.75, 3.05) is 0 Å². The molecule has 1 heteroatoms. The molecule has 0 saturated heterocycles. The first-order valence-electron chi connectivity index (χ1n) is 3.00. The summed E-state index contributed by atoms with van der Waals surface area (Å²) >= 11 is 0. The van der Waals surface area contributed by atoms with E-state index >= 15 is 0 Å². The molecule has 0 heterocycles. The van der Waals surface area contributed by atoms with E-state index in [0.717, 1.165) is 0 Å². The molecule has 1 aliphatic carbocycles. The van der Waals surface area contributed by atoms with Crippen molar-refractivity contribution in [3.8, 4) is 0 Å². The van der Waals surface area contributed by atoms with Crippen molar-refractivity contribution in [1.82, 2.24) is 0 Å². The summed E-state index contributed by atoms with van der Waals surface area (Å²) in [6.45, 7) is 0. The molecule has 1 fully saturated rings. The zero-order chi connectivity index (χ0) is 4.24. The first-order valence-corrected chi connectivity index (χ1v) is 3.00. The summed E-state index contributed by atoms with van der Waals surface area (Å²) < 4.78 is 0. The van der Waals surface area contributed by atoms with Gasteiger partial charge in [0.2, 0.25) is 0 Å². The maximum absolute atomic E-state index is 1.50. The summed E-state index contributed by atoms with van der Waals surface area (Å²) in [4.78, 5) is 0. The van der Waals surface area contributed by atoms with E-state index in [1.54, 1.807) is 0 Å². The Labute approximate surface area is 56.2 Å². The van der Waals surface area contributed by atoms with Crippen molar-refractivity contribution in [2.45, 2.75) is 38.5 Å². The Balaban J connectivity index is 0.000000360. The van der Waals surface area contributed by atoms with Crippen LogP contribution in [0.25, 0.3) is 0 Å². The van der Waals surface area contributed by atoms with Crippen LogP contribution in [0.2, 0.25) is 0 Å². The molecule has 0 unspecified atom stereocenters. The second-order valence-corrected chi connectivity index (χ2v) is 2.12. The first-order chi connectivity index (χ1) is 3.00. The monoisotopic (exact) mass is 164 g/mol. The van der Waals surface area contributed by atoms with Crippen LogP contribution in [0.4, 0.5) is 0 Å². The minimum absolute atomic E-state index is 0. The molecule has 42 valence electrons. The van der Waals surface area contributed by atoms with Gasteiger partial charge < -0.3 is 0 Å². The van der Waals surface area contributed by atoms with Gasteiger partial charge in [-0.05, 0) is 0 Å². The van der Waals surface area contributed by atoms with Gasteiger partial charge in [-0.15, -0.1) is 0 Å². The van der Waals surface area contributed by atoms with Gasteiger partial charge >= 0.3 is 0 Å². The second kappa shape index (κ2) is 4.67. The molecule has 2 radical (unpaired) electrons. The van der Waals surface area contributed by atoms with Gasteiger partial charge in [0.25, 0.3) is 0 Å². The normalized spacial score (nSPS) is 20.6. The number of hydrogen-bond acceptors (Lipinski definition) is 0. The van der Waals surface area contributed by atoms with Crippen LogP contribution in [0.3, 0.4) is 0 Å². The molecule has 0 aliphatic heterocycles. The Hall–Kier alpha value is 0.519. The van der Waals surface area contributed by atoms with E-state index in [2.05, 4.69) is 0 Å². The van der Waals surface area contributed by atoms with E-state index in [0.29, 0.717) is 0 Å². The van der Waals surface area contributed by atoms with Gasteiger partial charge in [-0.25, -0.2) is 0 Å². The quantitative estimate of drug-likeness (QED) is 0.479. The van der Waals surface area contributed by atoms with Gasteiger partial charge in [-0.1, -0.05) is 38.5 Å². The summed E-state index contributed by atoms with van der Waals surface area (Å²) in [7, 11) is 0. The minimum Gasteiger partial charge on any atom is -0.0533 e. The fourth-order valence-electron chi connectivity index (χ4n) is 1.06. The molecular formula is C6H12Se. The van der Waals surface area contributed by atoms with Crippen molar-refractivity contribution in [2.24, 2.45) is 0 Å². The van der Waals surface area contributed by atoms with E-state index in [4.69, 9.17) is 0 Å². The van der Waals surface area contributed by atoms with Gasteiger partial charge in [0, 0.05) is 17.1 Å². The predicted octanol–water partition coefficient (Wildman–Crippen LogP) is 1.96. The van der Waals surface area contributed by atoms with Gasteiger partial charge in [0.15, 0.2) is 0 Å².